The lowest BCUT2D eigenvalue weighted by atomic mass is 10.1. The molecule has 1 aromatic carbocycles. The number of nitrogens with one attached hydrogen (secondary N) is 1. The summed E-state index contributed by atoms with van der Waals surface area (Å²) in [5, 5.41) is 0. The molecule has 3 rings (SSSR count). The van der Waals surface area contributed by atoms with Gasteiger partial charge in [-0.15, -0.1) is 0 Å². The summed E-state index contributed by atoms with van der Waals surface area (Å²) >= 11 is 1.34. The van der Waals surface area contributed by atoms with E-state index in [1.54, 1.807) is 0 Å². The van der Waals surface area contributed by atoms with Gasteiger partial charge in [-0.05, 0) is 31.5 Å². The molecule has 0 spiro atoms. The molecule has 1 aliphatic rings. The van der Waals surface area contributed by atoms with Crippen LogP contribution in [0.3, 0.4) is 0 Å². The number of aromatic amines is 1. The Bertz CT molecular complexity index is 567. The summed E-state index contributed by atoms with van der Waals surface area (Å²) in [6, 6.07) is 10.1. The SMILES string of the molecule is O=c1[nH]c(-c2ccccc2)c(CN2CCCC2)s1. The average Bonchev–Trinajstić information content (AvgIpc) is 3.01. The minimum atomic E-state index is 0.0445. The van der Waals surface area contributed by atoms with E-state index >= 15 is 0 Å². The quantitative estimate of drug-likeness (QED) is 0.921. The molecule has 0 aliphatic carbocycles. The fourth-order valence-corrected chi connectivity index (χ4v) is 3.35. The molecule has 1 aliphatic heterocycles. The number of benzene rings is 1. The summed E-state index contributed by atoms with van der Waals surface area (Å²) in [7, 11) is 0. The first kappa shape index (κ1) is 11.7. The number of H-pyrrole nitrogens is 1. The summed E-state index contributed by atoms with van der Waals surface area (Å²) < 4.78 is 0. The Kier molecular flexibility index (Phi) is 3.30. The van der Waals surface area contributed by atoms with E-state index in [1.807, 2.05) is 30.3 Å². The van der Waals surface area contributed by atoms with Gasteiger partial charge in [0, 0.05) is 11.4 Å². The minimum Gasteiger partial charge on any atom is -0.312 e. The third kappa shape index (κ3) is 2.40. The maximum Gasteiger partial charge on any atom is 0.305 e. The topological polar surface area (TPSA) is 36.1 Å². The monoisotopic (exact) mass is 260 g/mol. The predicted octanol–water partition coefficient (Wildman–Crippen LogP) is 2.70. The largest absolute Gasteiger partial charge is 0.312 e. The molecule has 0 atom stereocenters. The average molecular weight is 260 g/mol. The van der Waals surface area contributed by atoms with Crippen LogP contribution in [-0.4, -0.2) is 23.0 Å². The highest BCUT2D eigenvalue weighted by atomic mass is 32.1. The van der Waals surface area contributed by atoms with Crippen LogP contribution >= 0.6 is 11.3 Å². The van der Waals surface area contributed by atoms with Gasteiger partial charge in [-0.2, -0.15) is 0 Å². The van der Waals surface area contributed by atoms with Crippen LogP contribution in [0.15, 0.2) is 35.1 Å². The van der Waals surface area contributed by atoms with Gasteiger partial charge < -0.3 is 4.98 Å². The van der Waals surface area contributed by atoms with E-state index in [1.165, 1.54) is 24.2 Å². The van der Waals surface area contributed by atoms with Crippen LogP contribution < -0.4 is 4.87 Å². The molecule has 1 fully saturated rings. The molecule has 0 saturated carbocycles. The highest BCUT2D eigenvalue weighted by molar-refractivity contribution is 7.09. The van der Waals surface area contributed by atoms with Gasteiger partial charge in [-0.25, -0.2) is 0 Å². The molecule has 4 heteroatoms. The molecule has 94 valence electrons. The molecule has 0 amide bonds. The first-order chi connectivity index (χ1) is 8.83. The Balaban J connectivity index is 1.92. The van der Waals surface area contributed by atoms with Crippen LogP contribution in [0.4, 0.5) is 0 Å². The van der Waals surface area contributed by atoms with Crippen LogP contribution in [0.2, 0.25) is 0 Å². The van der Waals surface area contributed by atoms with Crippen molar-refractivity contribution in [3.8, 4) is 11.3 Å². The Morgan fingerprint density at radius 1 is 1.17 bits per heavy atom. The fourth-order valence-electron chi connectivity index (χ4n) is 2.45. The highest BCUT2D eigenvalue weighted by Gasteiger charge is 2.16. The van der Waals surface area contributed by atoms with Crippen molar-refractivity contribution in [3.05, 3.63) is 44.9 Å². The maximum atomic E-state index is 11.6. The van der Waals surface area contributed by atoms with Crippen LogP contribution in [0, 0.1) is 0 Å². The summed E-state index contributed by atoms with van der Waals surface area (Å²) in [4.78, 5) is 18.2. The molecule has 1 aromatic heterocycles. The van der Waals surface area contributed by atoms with Gasteiger partial charge in [-0.3, -0.25) is 9.69 Å². The summed E-state index contributed by atoms with van der Waals surface area (Å²) in [5.74, 6) is 0. The first-order valence-electron chi connectivity index (χ1n) is 6.33. The Labute approximate surface area is 110 Å². The number of rotatable bonds is 3. The van der Waals surface area contributed by atoms with Crippen molar-refractivity contribution >= 4 is 11.3 Å². The standard InChI is InChI=1S/C14H16N2OS/c17-14-15-13(11-6-2-1-3-7-11)12(18-14)10-16-8-4-5-9-16/h1-3,6-7H,4-5,8-10H2,(H,15,17). The lowest BCUT2D eigenvalue weighted by Gasteiger charge is -2.13. The molecule has 2 heterocycles. The molecule has 18 heavy (non-hydrogen) atoms. The number of thiazole rings is 1. The number of nitrogens with zero attached hydrogens (tertiary/aromatic N) is 1. The first-order valence-corrected chi connectivity index (χ1v) is 7.14. The third-order valence-corrected chi connectivity index (χ3v) is 4.22. The van der Waals surface area contributed by atoms with E-state index in [2.05, 4.69) is 9.88 Å². The van der Waals surface area contributed by atoms with E-state index in [4.69, 9.17) is 0 Å². The fraction of sp³-hybridized carbons (Fsp3) is 0.357. The van der Waals surface area contributed by atoms with Gasteiger partial charge in [-0.1, -0.05) is 41.7 Å². The number of aromatic nitrogens is 1. The zero-order valence-electron chi connectivity index (χ0n) is 10.2. The van der Waals surface area contributed by atoms with Crippen LogP contribution in [-0.2, 0) is 6.54 Å². The van der Waals surface area contributed by atoms with E-state index in [-0.39, 0.29) is 4.87 Å². The lowest BCUT2D eigenvalue weighted by Crippen LogP contribution is -2.18. The summed E-state index contributed by atoms with van der Waals surface area (Å²) in [6.07, 6.45) is 2.56. The minimum absolute atomic E-state index is 0.0445. The number of hydrogen-bond acceptors (Lipinski definition) is 3. The van der Waals surface area contributed by atoms with E-state index in [0.29, 0.717) is 0 Å². The number of likely N-dealkylation sites (tertiary alicyclic amines) is 1. The zero-order chi connectivity index (χ0) is 12.4. The number of hydrogen-bond donors (Lipinski definition) is 1. The van der Waals surface area contributed by atoms with Crippen LogP contribution in [0.25, 0.3) is 11.3 Å². The second-order valence-electron chi connectivity index (χ2n) is 4.66. The van der Waals surface area contributed by atoms with E-state index < -0.39 is 0 Å². The predicted molar refractivity (Wildman–Crippen MR) is 74.9 cm³/mol. The molecular weight excluding hydrogens is 244 g/mol. The molecule has 0 radical (unpaired) electrons. The summed E-state index contributed by atoms with van der Waals surface area (Å²) in [6.45, 7) is 3.20. The van der Waals surface area contributed by atoms with Gasteiger partial charge >= 0.3 is 4.87 Å². The van der Waals surface area contributed by atoms with Gasteiger partial charge in [0.15, 0.2) is 0 Å². The Hall–Kier alpha value is -1.39. The molecule has 0 unspecified atom stereocenters. The van der Waals surface area contributed by atoms with Gasteiger partial charge in [0.1, 0.15) is 0 Å². The zero-order valence-corrected chi connectivity index (χ0v) is 11.0. The van der Waals surface area contributed by atoms with Crippen LogP contribution in [0.1, 0.15) is 17.7 Å². The second-order valence-corrected chi connectivity index (χ2v) is 5.73. The van der Waals surface area contributed by atoms with Crippen molar-refractivity contribution < 1.29 is 0 Å². The smallest absolute Gasteiger partial charge is 0.305 e. The molecule has 0 bridgehead atoms. The van der Waals surface area contributed by atoms with Crippen molar-refractivity contribution in [1.82, 2.24) is 9.88 Å². The Morgan fingerprint density at radius 2 is 1.89 bits per heavy atom. The van der Waals surface area contributed by atoms with Crippen LogP contribution in [0.5, 0.6) is 0 Å². The maximum absolute atomic E-state index is 11.6. The second kappa shape index (κ2) is 5.08. The molecule has 2 aromatic rings. The normalized spacial score (nSPS) is 16.2. The van der Waals surface area contributed by atoms with Crippen molar-refractivity contribution in [2.24, 2.45) is 0 Å². The van der Waals surface area contributed by atoms with E-state index in [9.17, 15) is 4.79 Å². The van der Waals surface area contributed by atoms with Gasteiger partial charge in [0.25, 0.3) is 0 Å². The lowest BCUT2D eigenvalue weighted by molar-refractivity contribution is 0.334. The van der Waals surface area contributed by atoms with Gasteiger partial charge in [0.2, 0.25) is 0 Å². The third-order valence-electron chi connectivity index (χ3n) is 3.35. The van der Waals surface area contributed by atoms with Crippen molar-refractivity contribution in [2.75, 3.05) is 13.1 Å². The van der Waals surface area contributed by atoms with E-state index in [0.717, 1.165) is 35.8 Å². The van der Waals surface area contributed by atoms with Crippen molar-refractivity contribution in [1.29, 1.82) is 0 Å². The summed E-state index contributed by atoms with van der Waals surface area (Å²) in [5.41, 5.74) is 2.10. The molecule has 3 nitrogen and oxygen atoms in total. The highest BCUT2D eigenvalue weighted by Crippen LogP contribution is 2.25. The molecular formula is C14H16N2OS. The van der Waals surface area contributed by atoms with Crippen molar-refractivity contribution in [2.45, 2.75) is 19.4 Å². The molecule has 1 N–H and O–H groups in total. The molecule has 1 saturated heterocycles. The van der Waals surface area contributed by atoms with Crippen molar-refractivity contribution in [3.63, 3.8) is 0 Å². The Morgan fingerprint density at radius 3 is 2.61 bits per heavy atom. The van der Waals surface area contributed by atoms with Gasteiger partial charge in [0.05, 0.1) is 5.69 Å².